The molecule has 1 aromatic carbocycles. The molecule has 0 saturated heterocycles. The number of rotatable bonds is 5. The third-order valence-electron chi connectivity index (χ3n) is 4.80. The molecule has 0 atom stereocenters. The Morgan fingerprint density at radius 2 is 1.64 bits per heavy atom. The number of hydrogen-bond donors (Lipinski definition) is 1. The Morgan fingerprint density at radius 1 is 1.04 bits per heavy atom. The van der Waals surface area contributed by atoms with Gasteiger partial charge in [0, 0.05) is 28.3 Å². The third-order valence-corrected chi connectivity index (χ3v) is 4.80. The summed E-state index contributed by atoms with van der Waals surface area (Å²) >= 11 is 0. The van der Waals surface area contributed by atoms with E-state index < -0.39 is 0 Å². The Morgan fingerprint density at radius 3 is 2.21 bits per heavy atom. The highest BCUT2D eigenvalue weighted by Crippen LogP contribution is 2.20. The van der Waals surface area contributed by atoms with Gasteiger partial charge in [-0.1, -0.05) is 26.0 Å². The summed E-state index contributed by atoms with van der Waals surface area (Å²) < 4.78 is 1.72. The van der Waals surface area contributed by atoms with E-state index in [4.69, 9.17) is 0 Å². The van der Waals surface area contributed by atoms with Crippen molar-refractivity contribution in [3.05, 3.63) is 64.2 Å². The molecule has 0 spiro atoms. The van der Waals surface area contributed by atoms with Gasteiger partial charge in [-0.15, -0.1) is 0 Å². The molecule has 1 N–H and O–H groups in total. The van der Waals surface area contributed by atoms with Crippen LogP contribution in [0.15, 0.2) is 30.3 Å². The van der Waals surface area contributed by atoms with Gasteiger partial charge in [-0.3, -0.25) is 4.79 Å². The number of carbonyl (C=O) groups is 1. The number of nitrogens with one attached hydrogen (secondary N) is 1. The van der Waals surface area contributed by atoms with Crippen molar-refractivity contribution < 1.29 is 4.79 Å². The molecule has 146 valence electrons. The first-order chi connectivity index (χ1) is 13.2. The van der Waals surface area contributed by atoms with Crippen molar-refractivity contribution in [2.24, 2.45) is 0 Å². The second-order valence-corrected chi connectivity index (χ2v) is 7.51. The fourth-order valence-electron chi connectivity index (χ4n) is 3.24. The molecule has 28 heavy (non-hydrogen) atoms. The number of carbonyl (C=O) groups excluding carboxylic acids is 1. The standard InChI is InChI=1S/C22H27N5O/c1-13(2)18-7-9-19(10-8-18)25-21(28)12-20-16(5)26-27(17(20)6)22-23-14(3)11-15(4)24-22/h7-11,13H,12H2,1-6H3,(H,25,28). The molecule has 1 amide bonds. The molecule has 0 aliphatic rings. The molecular weight excluding hydrogens is 350 g/mol. The Labute approximate surface area is 166 Å². The zero-order chi connectivity index (χ0) is 20.4. The summed E-state index contributed by atoms with van der Waals surface area (Å²) in [4.78, 5) is 21.5. The number of aryl methyl sites for hydroxylation is 3. The average Bonchev–Trinajstić information content (AvgIpc) is 2.89. The monoisotopic (exact) mass is 377 g/mol. The second kappa shape index (κ2) is 7.92. The molecule has 0 radical (unpaired) electrons. The highest BCUT2D eigenvalue weighted by Gasteiger charge is 2.18. The molecule has 2 aromatic heterocycles. The van der Waals surface area contributed by atoms with E-state index in [1.165, 1.54) is 5.56 Å². The van der Waals surface area contributed by atoms with Gasteiger partial charge in [-0.25, -0.2) is 14.6 Å². The minimum atomic E-state index is -0.0654. The topological polar surface area (TPSA) is 72.7 Å². The van der Waals surface area contributed by atoms with Crippen LogP contribution in [-0.2, 0) is 11.2 Å². The predicted molar refractivity (Wildman–Crippen MR) is 111 cm³/mol. The lowest BCUT2D eigenvalue weighted by atomic mass is 10.0. The van der Waals surface area contributed by atoms with Crippen molar-refractivity contribution in [3.63, 3.8) is 0 Å². The highest BCUT2D eigenvalue weighted by molar-refractivity contribution is 5.92. The van der Waals surface area contributed by atoms with E-state index in [0.717, 1.165) is 34.0 Å². The first-order valence-corrected chi connectivity index (χ1v) is 9.52. The summed E-state index contributed by atoms with van der Waals surface area (Å²) in [5.74, 6) is 0.937. The van der Waals surface area contributed by atoms with Crippen LogP contribution in [0, 0.1) is 27.7 Å². The number of nitrogens with zero attached hydrogens (tertiary/aromatic N) is 4. The van der Waals surface area contributed by atoms with E-state index in [-0.39, 0.29) is 12.3 Å². The third kappa shape index (κ3) is 4.27. The Hall–Kier alpha value is -3.02. The van der Waals surface area contributed by atoms with Gasteiger partial charge >= 0.3 is 0 Å². The predicted octanol–water partition coefficient (Wildman–Crippen LogP) is 4.20. The molecule has 0 aliphatic heterocycles. The van der Waals surface area contributed by atoms with Crippen molar-refractivity contribution in [2.45, 2.75) is 53.9 Å². The van der Waals surface area contributed by atoms with E-state index in [2.05, 4.69) is 34.2 Å². The van der Waals surface area contributed by atoms with E-state index >= 15 is 0 Å². The maximum Gasteiger partial charge on any atom is 0.251 e. The van der Waals surface area contributed by atoms with Gasteiger partial charge in [0.05, 0.1) is 12.1 Å². The fraction of sp³-hybridized carbons (Fsp3) is 0.364. The van der Waals surface area contributed by atoms with Crippen molar-refractivity contribution in [2.75, 3.05) is 5.32 Å². The number of hydrogen-bond acceptors (Lipinski definition) is 4. The molecule has 0 saturated carbocycles. The molecule has 6 nitrogen and oxygen atoms in total. The van der Waals surface area contributed by atoms with Gasteiger partial charge in [0.25, 0.3) is 5.95 Å². The fourth-order valence-corrected chi connectivity index (χ4v) is 3.24. The normalized spacial score (nSPS) is 11.1. The number of benzene rings is 1. The van der Waals surface area contributed by atoms with E-state index in [0.29, 0.717) is 11.9 Å². The zero-order valence-electron chi connectivity index (χ0n) is 17.4. The minimum Gasteiger partial charge on any atom is -0.326 e. The van der Waals surface area contributed by atoms with E-state index in [1.54, 1.807) is 4.68 Å². The molecule has 3 aromatic rings. The van der Waals surface area contributed by atoms with Crippen LogP contribution in [0.25, 0.3) is 5.95 Å². The Bertz CT molecular complexity index is 982. The largest absolute Gasteiger partial charge is 0.326 e. The van der Waals surface area contributed by atoms with Crippen LogP contribution >= 0.6 is 0 Å². The van der Waals surface area contributed by atoms with Crippen molar-refractivity contribution >= 4 is 11.6 Å². The van der Waals surface area contributed by atoms with E-state index in [9.17, 15) is 4.79 Å². The summed E-state index contributed by atoms with van der Waals surface area (Å²) in [6.07, 6.45) is 0.258. The first-order valence-electron chi connectivity index (χ1n) is 9.52. The van der Waals surface area contributed by atoms with Crippen LogP contribution in [-0.4, -0.2) is 25.7 Å². The quantitative estimate of drug-likeness (QED) is 0.723. The second-order valence-electron chi connectivity index (χ2n) is 7.51. The summed E-state index contributed by atoms with van der Waals surface area (Å²) in [5, 5.41) is 7.54. The Balaban J connectivity index is 1.79. The molecule has 3 rings (SSSR count). The van der Waals surface area contributed by atoms with Gasteiger partial charge in [0.2, 0.25) is 5.91 Å². The lowest BCUT2D eigenvalue weighted by Crippen LogP contribution is -2.15. The van der Waals surface area contributed by atoms with Crippen molar-refractivity contribution in [1.82, 2.24) is 19.7 Å². The van der Waals surface area contributed by atoms with E-state index in [1.807, 2.05) is 58.0 Å². The summed E-state index contributed by atoms with van der Waals surface area (Å²) in [5.41, 5.74) is 6.42. The Kier molecular flexibility index (Phi) is 5.58. The van der Waals surface area contributed by atoms with Gasteiger partial charge < -0.3 is 5.32 Å². The number of amides is 1. The molecule has 6 heteroatoms. The lowest BCUT2D eigenvalue weighted by Gasteiger charge is -2.09. The van der Waals surface area contributed by atoms with Crippen molar-refractivity contribution in [3.8, 4) is 5.95 Å². The molecule has 0 bridgehead atoms. The average molecular weight is 377 g/mol. The number of aromatic nitrogens is 4. The smallest absolute Gasteiger partial charge is 0.251 e. The van der Waals surface area contributed by atoms with Gasteiger partial charge in [-0.2, -0.15) is 5.10 Å². The molecule has 0 unspecified atom stereocenters. The number of anilines is 1. The zero-order valence-corrected chi connectivity index (χ0v) is 17.4. The van der Waals surface area contributed by atoms with Crippen LogP contribution in [0.5, 0.6) is 0 Å². The maximum atomic E-state index is 12.6. The van der Waals surface area contributed by atoms with Gasteiger partial charge in [0.15, 0.2) is 0 Å². The van der Waals surface area contributed by atoms with Crippen LogP contribution in [0.4, 0.5) is 5.69 Å². The van der Waals surface area contributed by atoms with Crippen LogP contribution in [0.3, 0.4) is 0 Å². The SMILES string of the molecule is Cc1cc(C)nc(-n2nc(C)c(CC(=O)Nc3ccc(C(C)C)cc3)c2C)n1. The van der Waals surface area contributed by atoms with Crippen molar-refractivity contribution in [1.29, 1.82) is 0 Å². The van der Waals surface area contributed by atoms with Gasteiger partial charge in [0.1, 0.15) is 0 Å². The van der Waals surface area contributed by atoms with Gasteiger partial charge in [-0.05, 0) is 57.4 Å². The minimum absolute atomic E-state index is 0.0654. The van der Waals surface area contributed by atoms with Crippen LogP contribution in [0.2, 0.25) is 0 Å². The molecule has 0 aliphatic carbocycles. The highest BCUT2D eigenvalue weighted by atomic mass is 16.1. The summed E-state index contributed by atoms with van der Waals surface area (Å²) in [6, 6.07) is 9.91. The maximum absolute atomic E-state index is 12.6. The molecular formula is C22H27N5O. The summed E-state index contributed by atoms with van der Waals surface area (Å²) in [7, 11) is 0. The first kappa shape index (κ1) is 19.7. The molecule has 2 heterocycles. The molecule has 0 fully saturated rings. The lowest BCUT2D eigenvalue weighted by molar-refractivity contribution is -0.115. The summed E-state index contributed by atoms with van der Waals surface area (Å²) in [6.45, 7) is 12.0. The van der Waals surface area contributed by atoms with Crippen LogP contribution < -0.4 is 5.32 Å². The van der Waals surface area contributed by atoms with Crippen LogP contribution in [0.1, 0.15) is 53.7 Å².